The Bertz CT molecular complexity index is 656. The molecule has 0 saturated heterocycles. The molecule has 0 heterocycles. The van der Waals surface area contributed by atoms with E-state index in [-0.39, 0.29) is 24.5 Å². The van der Waals surface area contributed by atoms with Crippen LogP contribution in [0.25, 0.3) is 0 Å². The van der Waals surface area contributed by atoms with Crippen molar-refractivity contribution in [2.24, 2.45) is 29.6 Å². The molecule has 2 N–H and O–H groups in total. The monoisotopic (exact) mass is 313 g/mol. The van der Waals surface area contributed by atoms with E-state index in [4.69, 9.17) is 4.74 Å². The number of carboxylic acids is 1. The predicted octanol–water partition coefficient (Wildman–Crippen LogP) is 2.43. The minimum absolute atomic E-state index is 0.0434. The van der Waals surface area contributed by atoms with Crippen LogP contribution in [-0.4, -0.2) is 23.2 Å². The quantitative estimate of drug-likeness (QED) is 0.837. The normalized spacial score (nSPS) is 36.2. The molecule has 2 bridgehead atoms. The second-order valence-corrected chi connectivity index (χ2v) is 6.70. The lowest BCUT2D eigenvalue weighted by molar-refractivity contribution is -0.146. The SMILES string of the molecule is O=C(NC1C2C=CC(C3CC23)C1C(=O)O)OCc1ccccc1. The van der Waals surface area contributed by atoms with Gasteiger partial charge in [-0.15, -0.1) is 0 Å². The zero-order valence-corrected chi connectivity index (χ0v) is 12.6. The molecule has 6 atom stereocenters. The standard InChI is InChI=1S/C18H19NO4/c20-17(21)15-11-6-7-12(14-8-13(11)14)16(15)19-18(22)23-9-10-4-2-1-3-5-10/h1-7,11-16H,8-9H2,(H,19,22)(H,20,21). The molecule has 1 aromatic rings. The van der Waals surface area contributed by atoms with Gasteiger partial charge in [0.05, 0.1) is 12.0 Å². The van der Waals surface area contributed by atoms with Crippen molar-refractivity contribution in [3.63, 3.8) is 0 Å². The summed E-state index contributed by atoms with van der Waals surface area (Å²) in [6.45, 7) is 0.188. The van der Waals surface area contributed by atoms with Crippen LogP contribution in [-0.2, 0) is 16.1 Å². The summed E-state index contributed by atoms with van der Waals surface area (Å²) in [6.07, 6.45) is 4.65. The first kappa shape index (κ1) is 14.3. The minimum atomic E-state index is -0.831. The third-order valence-corrected chi connectivity index (χ3v) is 5.43. The maximum Gasteiger partial charge on any atom is 0.407 e. The number of alkyl carbamates (subject to hydrolysis) is 1. The fourth-order valence-electron chi connectivity index (χ4n) is 4.32. The van der Waals surface area contributed by atoms with Crippen LogP contribution in [0.1, 0.15) is 12.0 Å². The molecule has 4 aliphatic carbocycles. The molecule has 5 rings (SSSR count). The Morgan fingerprint density at radius 2 is 1.83 bits per heavy atom. The first-order valence-electron chi connectivity index (χ1n) is 8.03. The maximum atomic E-state index is 12.1. The van der Waals surface area contributed by atoms with E-state index >= 15 is 0 Å². The molecule has 5 nitrogen and oxygen atoms in total. The molecule has 1 amide bonds. The third-order valence-electron chi connectivity index (χ3n) is 5.43. The second-order valence-electron chi connectivity index (χ2n) is 6.70. The zero-order chi connectivity index (χ0) is 16.0. The van der Waals surface area contributed by atoms with E-state index in [0.717, 1.165) is 12.0 Å². The highest BCUT2D eigenvalue weighted by Crippen LogP contribution is 2.61. The number of hydrogen-bond acceptors (Lipinski definition) is 3. The Hall–Kier alpha value is -2.30. The average Bonchev–Trinajstić information content (AvgIpc) is 3.36. The number of nitrogens with one attached hydrogen (secondary N) is 1. The number of hydrogen-bond donors (Lipinski definition) is 2. The number of ether oxygens (including phenoxy) is 1. The fourth-order valence-corrected chi connectivity index (χ4v) is 4.32. The lowest BCUT2D eigenvalue weighted by Crippen LogP contribution is -2.55. The summed E-state index contributed by atoms with van der Waals surface area (Å²) in [6, 6.07) is 9.07. The highest BCUT2D eigenvalue weighted by atomic mass is 16.5. The first-order chi connectivity index (χ1) is 11.1. The summed E-state index contributed by atoms with van der Waals surface area (Å²) in [5, 5.41) is 12.4. The van der Waals surface area contributed by atoms with Gasteiger partial charge < -0.3 is 15.2 Å². The van der Waals surface area contributed by atoms with Crippen LogP contribution in [0, 0.1) is 29.6 Å². The number of amides is 1. The Kier molecular flexibility index (Phi) is 3.36. The van der Waals surface area contributed by atoms with E-state index in [2.05, 4.69) is 11.4 Å². The molecule has 4 aliphatic rings. The van der Waals surface area contributed by atoms with Gasteiger partial charge in [0.25, 0.3) is 0 Å². The van der Waals surface area contributed by atoms with Crippen molar-refractivity contribution in [1.82, 2.24) is 5.32 Å². The highest BCUT2D eigenvalue weighted by molar-refractivity contribution is 5.75. The molecule has 0 spiro atoms. The molecule has 23 heavy (non-hydrogen) atoms. The lowest BCUT2D eigenvalue weighted by atomic mass is 9.66. The number of benzene rings is 1. The van der Waals surface area contributed by atoms with Crippen LogP contribution in [0.5, 0.6) is 0 Å². The minimum Gasteiger partial charge on any atom is -0.481 e. The lowest BCUT2D eigenvalue weighted by Gasteiger charge is -2.42. The number of carbonyl (C=O) groups excluding carboxylic acids is 1. The molecule has 120 valence electrons. The predicted molar refractivity (Wildman–Crippen MR) is 82.4 cm³/mol. The van der Waals surface area contributed by atoms with E-state index in [1.807, 2.05) is 36.4 Å². The molecule has 5 heteroatoms. The van der Waals surface area contributed by atoms with Crippen LogP contribution in [0.15, 0.2) is 42.5 Å². The number of rotatable bonds is 4. The topological polar surface area (TPSA) is 75.6 Å². The summed E-state index contributed by atoms with van der Waals surface area (Å²) < 4.78 is 5.25. The van der Waals surface area contributed by atoms with Gasteiger partial charge in [-0.1, -0.05) is 42.5 Å². The summed E-state index contributed by atoms with van der Waals surface area (Å²) in [5.41, 5.74) is 0.907. The molecule has 1 aromatic carbocycles. The Morgan fingerprint density at radius 1 is 1.13 bits per heavy atom. The number of aliphatic carboxylic acids is 1. The fraction of sp³-hybridized carbons (Fsp3) is 0.444. The van der Waals surface area contributed by atoms with Gasteiger partial charge in [0.15, 0.2) is 0 Å². The Balaban J connectivity index is 1.42. The zero-order valence-electron chi connectivity index (χ0n) is 12.6. The van der Waals surface area contributed by atoms with Crippen molar-refractivity contribution in [1.29, 1.82) is 0 Å². The van der Waals surface area contributed by atoms with E-state index < -0.39 is 18.0 Å². The van der Waals surface area contributed by atoms with E-state index in [1.165, 1.54) is 0 Å². The molecule has 0 radical (unpaired) electrons. The van der Waals surface area contributed by atoms with Crippen LogP contribution in [0.4, 0.5) is 4.79 Å². The van der Waals surface area contributed by atoms with E-state index in [0.29, 0.717) is 11.8 Å². The molecular formula is C18H19NO4. The number of carbonyl (C=O) groups is 2. The van der Waals surface area contributed by atoms with Crippen LogP contribution in [0.2, 0.25) is 0 Å². The van der Waals surface area contributed by atoms with Crippen LogP contribution < -0.4 is 5.32 Å². The molecule has 0 aromatic heterocycles. The Morgan fingerprint density at radius 3 is 2.57 bits per heavy atom. The van der Waals surface area contributed by atoms with Gasteiger partial charge in [0, 0.05) is 5.92 Å². The number of fused-ring (bicyclic) bond motifs is 1. The molecule has 0 aliphatic heterocycles. The van der Waals surface area contributed by atoms with Crippen molar-refractivity contribution < 1.29 is 19.4 Å². The summed E-state index contributed by atoms with van der Waals surface area (Å²) >= 11 is 0. The van der Waals surface area contributed by atoms with Crippen molar-refractivity contribution in [2.45, 2.75) is 19.1 Å². The molecule has 2 fully saturated rings. The largest absolute Gasteiger partial charge is 0.481 e. The van der Waals surface area contributed by atoms with Gasteiger partial charge in [-0.25, -0.2) is 4.79 Å². The summed E-state index contributed by atoms with van der Waals surface area (Å²) in [5.74, 6) is -0.192. The van der Waals surface area contributed by atoms with Crippen molar-refractivity contribution in [2.75, 3.05) is 0 Å². The van der Waals surface area contributed by atoms with Gasteiger partial charge in [-0.3, -0.25) is 4.79 Å². The van der Waals surface area contributed by atoms with Crippen molar-refractivity contribution >= 4 is 12.1 Å². The van der Waals surface area contributed by atoms with Gasteiger partial charge in [0.1, 0.15) is 6.61 Å². The Labute approximate surface area is 134 Å². The van der Waals surface area contributed by atoms with Crippen LogP contribution in [0.3, 0.4) is 0 Å². The molecule has 2 saturated carbocycles. The van der Waals surface area contributed by atoms with Crippen molar-refractivity contribution in [3.05, 3.63) is 48.0 Å². The second kappa shape index (κ2) is 5.41. The third kappa shape index (κ3) is 2.50. The highest BCUT2D eigenvalue weighted by Gasteiger charge is 2.61. The van der Waals surface area contributed by atoms with E-state index in [9.17, 15) is 14.7 Å². The van der Waals surface area contributed by atoms with Crippen LogP contribution >= 0.6 is 0 Å². The summed E-state index contributed by atoms with van der Waals surface area (Å²) in [7, 11) is 0. The molecule has 6 unspecified atom stereocenters. The molecular weight excluding hydrogens is 294 g/mol. The summed E-state index contributed by atoms with van der Waals surface area (Å²) in [4.78, 5) is 23.8. The van der Waals surface area contributed by atoms with Gasteiger partial charge in [0.2, 0.25) is 0 Å². The first-order valence-corrected chi connectivity index (χ1v) is 8.03. The van der Waals surface area contributed by atoms with Gasteiger partial charge >= 0.3 is 12.1 Å². The smallest absolute Gasteiger partial charge is 0.407 e. The average molecular weight is 313 g/mol. The van der Waals surface area contributed by atoms with Gasteiger partial charge in [-0.2, -0.15) is 0 Å². The number of allylic oxidation sites excluding steroid dienone is 1. The maximum absolute atomic E-state index is 12.1. The van der Waals surface area contributed by atoms with Gasteiger partial charge in [-0.05, 0) is 29.7 Å². The van der Waals surface area contributed by atoms with E-state index in [1.54, 1.807) is 0 Å². The number of carboxylic acid groups (broad SMARTS) is 1. The van der Waals surface area contributed by atoms with Crippen molar-refractivity contribution in [3.8, 4) is 0 Å².